The lowest BCUT2D eigenvalue weighted by molar-refractivity contribution is 0.424. The summed E-state index contributed by atoms with van der Waals surface area (Å²) in [6.07, 6.45) is 0. The van der Waals surface area contributed by atoms with Gasteiger partial charge in [0.05, 0.1) is 4.90 Å². The Balaban J connectivity index is 2.84. The van der Waals surface area contributed by atoms with Crippen LogP contribution in [0, 0.1) is 0 Å². The average Bonchev–Trinajstić information content (AvgIpc) is 2.13. The number of nitrogens with two attached hydrogens (primary N) is 1. The Labute approximate surface area is 96.9 Å². The fourth-order valence-corrected chi connectivity index (χ4v) is 1.78. The standard InChI is InChI=1S/C11H18N2O2S/c1-11(2,3)13-8-9-5-4-6-10(7-9)16(12,14)15/h4-7,13H,8H2,1-3H3,(H2,12,14,15). The monoisotopic (exact) mass is 242 g/mol. The molecule has 1 aromatic carbocycles. The van der Waals surface area contributed by atoms with E-state index in [1.54, 1.807) is 12.1 Å². The first kappa shape index (κ1) is 13.2. The summed E-state index contributed by atoms with van der Waals surface area (Å²) in [5.41, 5.74) is 0.902. The highest BCUT2D eigenvalue weighted by Gasteiger charge is 2.10. The number of primary sulfonamides is 1. The van der Waals surface area contributed by atoms with Crippen LogP contribution >= 0.6 is 0 Å². The minimum absolute atomic E-state index is 0.00239. The zero-order valence-electron chi connectivity index (χ0n) is 9.82. The topological polar surface area (TPSA) is 72.2 Å². The third kappa shape index (κ3) is 4.30. The third-order valence-electron chi connectivity index (χ3n) is 2.05. The first-order valence-corrected chi connectivity index (χ1v) is 6.60. The summed E-state index contributed by atoms with van der Waals surface area (Å²) in [6.45, 7) is 6.77. The normalized spacial score (nSPS) is 12.8. The molecular weight excluding hydrogens is 224 g/mol. The van der Waals surface area contributed by atoms with Gasteiger partial charge in [-0.15, -0.1) is 0 Å². The van der Waals surface area contributed by atoms with Crippen LogP contribution in [0.15, 0.2) is 29.2 Å². The lowest BCUT2D eigenvalue weighted by Gasteiger charge is -2.20. The largest absolute Gasteiger partial charge is 0.308 e. The Morgan fingerprint density at radius 1 is 1.31 bits per heavy atom. The number of nitrogens with one attached hydrogen (secondary N) is 1. The fourth-order valence-electron chi connectivity index (χ4n) is 1.20. The summed E-state index contributed by atoms with van der Waals surface area (Å²) in [4.78, 5) is 0.153. The maximum Gasteiger partial charge on any atom is 0.238 e. The van der Waals surface area contributed by atoms with Gasteiger partial charge in [-0.25, -0.2) is 13.6 Å². The Morgan fingerprint density at radius 3 is 2.44 bits per heavy atom. The van der Waals surface area contributed by atoms with Crippen LogP contribution in [0.3, 0.4) is 0 Å². The number of hydrogen-bond donors (Lipinski definition) is 2. The lowest BCUT2D eigenvalue weighted by Crippen LogP contribution is -2.35. The van der Waals surface area contributed by atoms with Gasteiger partial charge in [-0.1, -0.05) is 12.1 Å². The molecule has 90 valence electrons. The SMILES string of the molecule is CC(C)(C)NCc1cccc(S(N)(=O)=O)c1. The molecule has 0 spiro atoms. The van der Waals surface area contributed by atoms with Crippen molar-refractivity contribution < 1.29 is 8.42 Å². The van der Waals surface area contributed by atoms with Gasteiger partial charge >= 0.3 is 0 Å². The van der Waals surface area contributed by atoms with Crippen LogP contribution < -0.4 is 10.5 Å². The third-order valence-corrected chi connectivity index (χ3v) is 2.96. The van der Waals surface area contributed by atoms with E-state index in [1.807, 2.05) is 6.07 Å². The van der Waals surface area contributed by atoms with E-state index in [0.29, 0.717) is 6.54 Å². The van der Waals surface area contributed by atoms with Crippen LogP contribution in [0.25, 0.3) is 0 Å². The van der Waals surface area contributed by atoms with E-state index < -0.39 is 10.0 Å². The Kier molecular flexibility index (Phi) is 3.72. The molecule has 0 saturated heterocycles. The average molecular weight is 242 g/mol. The molecule has 5 heteroatoms. The molecule has 0 aliphatic heterocycles. The van der Waals surface area contributed by atoms with Crippen molar-refractivity contribution in [3.63, 3.8) is 0 Å². The fraction of sp³-hybridized carbons (Fsp3) is 0.455. The first-order chi connectivity index (χ1) is 7.18. The highest BCUT2D eigenvalue weighted by atomic mass is 32.2. The van der Waals surface area contributed by atoms with E-state index in [9.17, 15) is 8.42 Å². The van der Waals surface area contributed by atoms with Crippen LogP contribution in [0.2, 0.25) is 0 Å². The second-order valence-corrected chi connectivity index (χ2v) is 6.36. The van der Waals surface area contributed by atoms with Gasteiger partial charge in [0.15, 0.2) is 0 Å². The summed E-state index contributed by atoms with van der Waals surface area (Å²) < 4.78 is 22.3. The molecule has 0 aliphatic rings. The van der Waals surface area contributed by atoms with Crippen LogP contribution in [-0.4, -0.2) is 14.0 Å². The predicted molar refractivity (Wildman–Crippen MR) is 64.4 cm³/mol. The molecule has 3 N–H and O–H groups in total. The molecule has 4 nitrogen and oxygen atoms in total. The van der Waals surface area contributed by atoms with Crippen LogP contribution in [0.1, 0.15) is 26.3 Å². The van der Waals surface area contributed by atoms with Gasteiger partial charge in [-0.05, 0) is 38.5 Å². The number of sulfonamides is 1. The van der Waals surface area contributed by atoms with E-state index >= 15 is 0 Å². The van der Waals surface area contributed by atoms with E-state index in [4.69, 9.17) is 5.14 Å². The molecule has 0 heterocycles. The minimum Gasteiger partial charge on any atom is -0.308 e. The molecule has 1 aromatic rings. The first-order valence-electron chi connectivity index (χ1n) is 5.05. The van der Waals surface area contributed by atoms with Crippen LogP contribution in [0.4, 0.5) is 0 Å². The molecule has 1 rings (SSSR count). The molecule has 0 saturated carbocycles. The van der Waals surface area contributed by atoms with Crippen molar-refractivity contribution in [1.82, 2.24) is 5.32 Å². The highest BCUT2D eigenvalue weighted by Crippen LogP contribution is 2.10. The second kappa shape index (κ2) is 4.53. The van der Waals surface area contributed by atoms with Gasteiger partial charge in [-0.3, -0.25) is 0 Å². The predicted octanol–water partition coefficient (Wildman–Crippen LogP) is 1.22. The van der Waals surface area contributed by atoms with Gasteiger partial charge < -0.3 is 5.32 Å². The molecular formula is C11H18N2O2S. The zero-order chi connectivity index (χ0) is 12.4. The van der Waals surface area contributed by atoms with E-state index in [0.717, 1.165) is 5.56 Å². The van der Waals surface area contributed by atoms with Crippen molar-refractivity contribution in [2.45, 2.75) is 37.8 Å². The van der Waals surface area contributed by atoms with Crippen molar-refractivity contribution in [2.24, 2.45) is 5.14 Å². The lowest BCUT2D eigenvalue weighted by atomic mass is 10.1. The van der Waals surface area contributed by atoms with Crippen molar-refractivity contribution in [3.8, 4) is 0 Å². The maximum absolute atomic E-state index is 11.1. The molecule has 0 bridgehead atoms. The summed E-state index contributed by atoms with van der Waals surface area (Å²) in [5.74, 6) is 0. The van der Waals surface area contributed by atoms with E-state index in [-0.39, 0.29) is 10.4 Å². The quantitative estimate of drug-likeness (QED) is 0.837. The summed E-state index contributed by atoms with van der Waals surface area (Å²) >= 11 is 0. The van der Waals surface area contributed by atoms with Gasteiger partial charge in [-0.2, -0.15) is 0 Å². The van der Waals surface area contributed by atoms with Gasteiger partial charge in [0.2, 0.25) is 10.0 Å². The van der Waals surface area contributed by atoms with Crippen molar-refractivity contribution in [2.75, 3.05) is 0 Å². The molecule has 16 heavy (non-hydrogen) atoms. The van der Waals surface area contributed by atoms with E-state index in [1.165, 1.54) is 6.07 Å². The van der Waals surface area contributed by atoms with Crippen LogP contribution in [-0.2, 0) is 16.6 Å². The number of benzene rings is 1. The molecule has 0 amide bonds. The summed E-state index contributed by atoms with van der Waals surface area (Å²) in [6, 6.07) is 6.65. The Bertz CT molecular complexity index is 461. The van der Waals surface area contributed by atoms with Gasteiger partial charge in [0.25, 0.3) is 0 Å². The van der Waals surface area contributed by atoms with E-state index in [2.05, 4.69) is 26.1 Å². The van der Waals surface area contributed by atoms with Crippen molar-refractivity contribution in [1.29, 1.82) is 0 Å². The molecule has 0 fully saturated rings. The molecule has 0 atom stereocenters. The highest BCUT2D eigenvalue weighted by molar-refractivity contribution is 7.89. The molecule has 0 aromatic heterocycles. The maximum atomic E-state index is 11.1. The van der Waals surface area contributed by atoms with Crippen molar-refractivity contribution >= 4 is 10.0 Å². The molecule has 0 unspecified atom stereocenters. The molecule has 0 aliphatic carbocycles. The molecule has 0 radical (unpaired) electrons. The zero-order valence-corrected chi connectivity index (χ0v) is 10.6. The Hall–Kier alpha value is -0.910. The minimum atomic E-state index is -3.61. The van der Waals surface area contributed by atoms with Crippen molar-refractivity contribution in [3.05, 3.63) is 29.8 Å². The number of hydrogen-bond acceptors (Lipinski definition) is 3. The summed E-state index contributed by atoms with van der Waals surface area (Å²) in [7, 11) is -3.61. The van der Waals surface area contributed by atoms with Gasteiger partial charge in [0.1, 0.15) is 0 Å². The van der Waals surface area contributed by atoms with Gasteiger partial charge in [0, 0.05) is 12.1 Å². The summed E-state index contributed by atoms with van der Waals surface area (Å²) in [5, 5.41) is 8.34. The number of rotatable bonds is 3. The van der Waals surface area contributed by atoms with Crippen LogP contribution in [0.5, 0.6) is 0 Å². The smallest absolute Gasteiger partial charge is 0.238 e. The second-order valence-electron chi connectivity index (χ2n) is 4.80. The Morgan fingerprint density at radius 2 is 1.94 bits per heavy atom.